The van der Waals surface area contributed by atoms with Crippen LogP contribution in [0.4, 0.5) is 8.78 Å². The van der Waals surface area contributed by atoms with Gasteiger partial charge in [0.25, 0.3) is 0 Å². The van der Waals surface area contributed by atoms with E-state index in [0.29, 0.717) is 0 Å². The summed E-state index contributed by atoms with van der Waals surface area (Å²) in [5.41, 5.74) is -0.580. The van der Waals surface area contributed by atoms with Crippen LogP contribution in [0.15, 0.2) is 12.1 Å². The first-order valence-electron chi connectivity index (χ1n) is 4.44. The number of rotatable bonds is 3. The number of hydrogen-bond donors (Lipinski definition) is 2. The van der Waals surface area contributed by atoms with Gasteiger partial charge in [-0.15, -0.1) is 0 Å². The van der Waals surface area contributed by atoms with E-state index in [1.165, 1.54) is 0 Å². The lowest BCUT2D eigenvalue weighted by Gasteiger charge is -2.14. The van der Waals surface area contributed by atoms with Crippen LogP contribution in [0, 0.1) is 11.6 Å². The smallest absolute Gasteiger partial charge is 0.491 e. The normalized spacial score (nSPS) is 10.6. The van der Waals surface area contributed by atoms with E-state index >= 15 is 0 Å². The van der Waals surface area contributed by atoms with Gasteiger partial charge in [-0.05, 0) is 26.0 Å². The average Bonchev–Trinajstić information content (AvgIpc) is 2.10. The Balaban J connectivity index is 3.21. The van der Waals surface area contributed by atoms with E-state index in [-0.39, 0.29) is 11.9 Å². The van der Waals surface area contributed by atoms with E-state index in [1.807, 2.05) is 0 Å². The Morgan fingerprint density at radius 2 is 1.87 bits per heavy atom. The predicted octanol–water partition coefficient (Wildman–Crippen LogP) is 0.432. The molecule has 0 spiro atoms. The highest BCUT2D eigenvalue weighted by Crippen LogP contribution is 2.15. The Bertz CT molecular complexity index is 355. The van der Waals surface area contributed by atoms with Crippen molar-refractivity contribution in [2.24, 2.45) is 0 Å². The van der Waals surface area contributed by atoms with Gasteiger partial charge < -0.3 is 14.8 Å². The number of hydrogen-bond acceptors (Lipinski definition) is 3. The summed E-state index contributed by atoms with van der Waals surface area (Å²) in [6.45, 7) is 3.38. The summed E-state index contributed by atoms with van der Waals surface area (Å²) >= 11 is 0. The highest BCUT2D eigenvalue weighted by molar-refractivity contribution is 6.59. The Hall–Kier alpha value is -1.14. The average molecular weight is 216 g/mol. The van der Waals surface area contributed by atoms with Crippen LogP contribution in [0.2, 0.25) is 0 Å². The first-order chi connectivity index (χ1) is 6.93. The first kappa shape index (κ1) is 11.9. The van der Waals surface area contributed by atoms with E-state index in [2.05, 4.69) is 0 Å². The molecule has 1 aromatic carbocycles. The summed E-state index contributed by atoms with van der Waals surface area (Å²) in [4.78, 5) is 0. The summed E-state index contributed by atoms with van der Waals surface area (Å²) in [7, 11) is -2.10. The fraction of sp³-hybridized carbons (Fsp3) is 0.333. The minimum atomic E-state index is -2.10. The molecule has 0 aliphatic heterocycles. The molecule has 15 heavy (non-hydrogen) atoms. The van der Waals surface area contributed by atoms with Crippen molar-refractivity contribution in [1.29, 1.82) is 0 Å². The summed E-state index contributed by atoms with van der Waals surface area (Å²) in [5.74, 6) is -2.52. The molecule has 0 fully saturated rings. The molecule has 0 aromatic heterocycles. The van der Waals surface area contributed by atoms with Crippen molar-refractivity contribution in [1.82, 2.24) is 0 Å². The monoisotopic (exact) mass is 216 g/mol. The lowest BCUT2D eigenvalue weighted by Crippen LogP contribution is -2.35. The predicted molar refractivity (Wildman–Crippen MR) is 51.9 cm³/mol. The van der Waals surface area contributed by atoms with Crippen LogP contribution in [-0.2, 0) is 0 Å². The van der Waals surface area contributed by atoms with Gasteiger partial charge in [0.15, 0.2) is 11.6 Å². The topological polar surface area (TPSA) is 49.7 Å². The minimum Gasteiger partial charge on any atom is -0.491 e. The molecule has 0 aliphatic carbocycles. The molecular formula is C9H11BF2O3. The van der Waals surface area contributed by atoms with E-state index in [4.69, 9.17) is 14.8 Å². The van der Waals surface area contributed by atoms with Crippen LogP contribution in [-0.4, -0.2) is 23.3 Å². The van der Waals surface area contributed by atoms with Crippen LogP contribution in [0.3, 0.4) is 0 Å². The molecule has 0 bridgehead atoms. The van der Waals surface area contributed by atoms with Crippen molar-refractivity contribution in [3.8, 4) is 5.75 Å². The Kier molecular flexibility index (Phi) is 3.65. The summed E-state index contributed by atoms with van der Waals surface area (Å²) in [6, 6.07) is 2.03. The van der Waals surface area contributed by atoms with Gasteiger partial charge >= 0.3 is 7.12 Å². The molecule has 3 nitrogen and oxygen atoms in total. The summed E-state index contributed by atoms with van der Waals surface area (Å²) in [5, 5.41) is 17.8. The number of halogens is 2. The summed E-state index contributed by atoms with van der Waals surface area (Å²) < 4.78 is 31.1. The molecule has 1 aromatic rings. The van der Waals surface area contributed by atoms with Gasteiger partial charge in [0.05, 0.1) is 11.6 Å². The molecule has 0 atom stereocenters. The minimum absolute atomic E-state index is 0.0705. The number of ether oxygens (including phenoxy) is 1. The maximum atomic E-state index is 13.2. The molecule has 0 amide bonds. The maximum Gasteiger partial charge on any atom is 0.495 e. The zero-order chi connectivity index (χ0) is 11.6. The van der Waals surface area contributed by atoms with Gasteiger partial charge in [-0.2, -0.15) is 0 Å². The van der Waals surface area contributed by atoms with Gasteiger partial charge in [-0.25, -0.2) is 8.78 Å². The van der Waals surface area contributed by atoms with Gasteiger partial charge in [0.1, 0.15) is 5.75 Å². The molecule has 0 saturated carbocycles. The van der Waals surface area contributed by atoms with Crippen molar-refractivity contribution >= 4 is 12.6 Å². The van der Waals surface area contributed by atoms with Crippen LogP contribution in [0.25, 0.3) is 0 Å². The summed E-state index contributed by atoms with van der Waals surface area (Å²) in [6.07, 6.45) is -0.271. The van der Waals surface area contributed by atoms with E-state index in [0.717, 1.165) is 12.1 Å². The zero-order valence-corrected chi connectivity index (χ0v) is 8.37. The van der Waals surface area contributed by atoms with Crippen molar-refractivity contribution < 1.29 is 23.6 Å². The van der Waals surface area contributed by atoms with Crippen molar-refractivity contribution in [3.63, 3.8) is 0 Å². The molecule has 2 N–H and O–H groups in total. The molecule has 0 radical (unpaired) electrons. The highest BCUT2D eigenvalue weighted by atomic mass is 19.2. The highest BCUT2D eigenvalue weighted by Gasteiger charge is 2.25. The molecule has 82 valence electrons. The van der Waals surface area contributed by atoms with Gasteiger partial charge in [-0.1, -0.05) is 0 Å². The van der Waals surface area contributed by atoms with Crippen LogP contribution in [0.5, 0.6) is 5.75 Å². The third-order valence-corrected chi connectivity index (χ3v) is 1.71. The lowest BCUT2D eigenvalue weighted by atomic mass is 9.79. The van der Waals surface area contributed by atoms with Crippen LogP contribution in [0.1, 0.15) is 13.8 Å². The second kappa shape index (κ2) is 4.59. The van der Waals surface area contributed by atoms with Crippen molar-refractivity contribution in [3.05, 3.63) is 23.8 Å². The van der Waals surface area contributed by atoms with Gasteiger partial charge in [-0.3, -0.25) is 0 Å². The molecule has 0 aliphatic rings. The fourth-order valence-corrected chi connectivity index (χ4v) is 1.15. The quantitative estimate of drug-likeness (QED) is 0.720. The van der Waals surface area contributed by atoms with E-state index < -0.39 is 24.2 Å². The Labute approximate surface area is 86.5 Å². The molecular weight excluding hydrogens is 205 g/mol. The SMILES string of the molecule is CC(C)Oc1ccc(F)c(F)c1B(O)O. The van der Waals surface area contributed by atoms with E-state index in [1.54, 1.807) is 13.8 Å². The third kappa shape index (κ3) is 2.67. The fourth-order valence-electron chi connectivity index (χ4n) is 1.15. The molecule has 0 unspecified atom stereocenters. The maximum absolute atomic E-state index is 13.2. The number of benzene rings is 1. The standard InChI is InChI=1S/C9H11BF2O3/c1-5(2)15-7-4-3-6(11)9(12)8(7)10(13)14/h3-5,13-14H,1-2H3. The first-order valence-corrected chi connectivity index (χ1v) is 4.44. The Morgan fingerprint density at radius 3 is 2.33 bits per heavy atom. The zero-order valence-electron chi connectivity index (χ0n) is 8.37. The molecule has 6 heteroatoms. The molecule has 0 saturated heterocycles. The second-order valence-corrected chi connectivity index (χ2v) is 3.31. The Morgan fingerprint density at radius 1 is 1.27 bits per heavy atom. The van der Waals surface area contributed by atoms with E-state index in [9.17, 15) is 8.78 Å². The van der Waals surface area contributed by atoms with Crippen LogP contribution < -0.4 is 10.2 Å². The second-order valence-electron chi connectivity index (χ2n) is 3.31. The van der Waals surface area contributed by atoms with Gasteiger partial charge in [0, 0.05) is 0 Å². The molecule has 0 heterocycles. The molecule has 1 rings (SSSR count). The third-order valence-electron chi connectivity index (χ3n) is 1.71. The lowest BCUT2D eigenvalue weighted by molar-refractivity contribution is 0.242. The van der Waals surface area contributed by atoms with Gasteiger partial charge in [0.2, 0.25) is 0 Å². The van der Waals surface area contributed by atoms with Crippen molar-refractivity contribution in [2.75, 3.05) is 0 Å². The largest absolute Gasteiger partial charge is 0.495 e. The van der Waals surface area contributed by atoms with Crippen LogP contribution >= 0.6 is 0 Å². The van der Waals surface area contributed by atoms with Crippen molar-refractivity contribution in [2.45, 2.75) is 20.0 Å².